The first kappa shape index (κ1) is 20.3. The van der Waals surface area contributed by atoms with E-state index in [0.29, 0.717) is 49.5 Å². The number of carbonyl (C=O) groups is 1. The van der Waals surface area contributed by atoms with Gasteiger partial charge >= 0.3 is 0 Å². The number of nitrogens with zero attached hydrogens (tertiary/aromatic N) is 4. The molecule has 0 aliphatic carbocycles. The maximum Gasteiger partial charge on any atom is 0.260 e. The highest BCUT2D eigenvalue weighted by Crippen LogP contribution is 2.19. The van der Waals surface area contributed by atoms with Gasteiger partial charge in [-0.05, 0) is 36.4 Å². The fourth-order valence-electron chi connectivity index (χ4n) is 3.17. The molecule has 4 rings (SSSR count). The molecule has 0 radical (unpaired) electrons. The van der Waals surface area contributed by atoms with Gasteiger partial charge in [0.05, 0.1) is 6.54 Å². The van der Waals surface area contributed by atoms with Crippen LogP contribution < -0.4 is 4.74 Å². The second-order valence-corrected chi connectivity index (χ2v) is 7.33. The number of aromatic nitrogens is 2. The number of halogens is 2. The smallest absolute Gasteiger partial charge is 0.260 e. The molecule has 1 saturated heterocycles. The Bertz CT molecular complexity index is 1000. The van der Waals surface area contributed by atoms with Crippen LogP contribution in [0.3, 0.4) is 0 Å². The lowest BCUT2D eigenvalue weighted by atomic mass is 10.2. The summed E-state index contributed by atoms with van der Waals surface area (Å²) in [6, 6.07) is 13.3. The average Bonchev–Trinajstić information content (AvgIpc) is 3.22. The molecular formula is C21H20ClFN4O3. The second kappa shape index (κ2) is 9.23. The Morgan fingerprint density at radius 2 is 1.83 bits per heavy atom. The van der Waals surface area contributed by atoms with Gasteiger partial charge in [0.1, 0.15) is 0 Å². The Morgan fingerprint density at radius 1 is 1.10 bits per heavy atom. The maximum atomic E-state index is 13.6. The number of rotatable bonds is 6. The molecule has 2 aromatic carbocycles. The molecule has 9 heteroatoms. The predicted molar refractivity (Wildman–Crippen MR) is 108 cm³/mol. The number of hydrogen-bond acceptors (Lipinski definition) is 6. The number of ether oxygens (including phenoxy) is 1. The maximum absolute atomic E-state index is 13.6. The van der Waals surface area contributed by atoms with E-state index >= 15 is 0 Å². The topological polar surface area (TPSA) is 71.7 Å². The van der Waals surface area contributed by atoms with Gasteiger partial charge in [-0.1, -0.05) is 28.9 Å². The Kier molecular flexibility index (Phi) is 6.25. The van der Waals surface area contributed by atoms with Crippen LogP contribution in [0.1, 0.15) is 5.89 Å². The van der Waals surface area contributed by atoms with Crippen LogP contribution in [0.25, 0.3) is 11.4 Å². The lowest BCUT2D eigenvalue weighted by Crippen LogP contribution is -2.49. The molecule has 2 heterocycles. The van der Waals surface area contributed by atoms with Crippen LogP contribution in [0, 0.1) is 5.82 Å². The van der Waals surface area contributed by atoms with E-state index in [1.807, 2.05) is 12.1 Å². The number of hydrogen-bond donors (Lipinski definition) is 0. The molecule has 0 spiro atoms. The second-order valence-electron chi connectivity index (χ2n) is 6.89. The van der Waals surface area contributed by atoms with Crippen molar-refractivity contribution in [3.8, 4) is 17.1 Å². The summed E-state index contributed by atoms with van der Waals surface area (Å²) in [4.78, 5) is 20.6. The van der Waals surface area contributed by atoms with E-state index in [1.165, 1.54) is 12.1 Å². The first-order chi connectivity index (χ1) is 14.6. The fourth-order valence-corrected chi connectivity index (χ4v) is 3.30. The standard InChI is InChI=1S/C21H20ClFN4O3/c22-16-7-5-15(6-8-16)21-24-19(30-25-21)13-26-9-11-27(12-10-26)20(28)14-29-18-4-2-1-3-17(18)23/h1-8H,9-14H2. The Hall–Kier alpha value is -2.97. The molecule has 1 aromatic heterocycles. The van der Waals surface area contributed by atoms with E-state index < -0.39 is 5.82 Å². The van der Waals surface area contributed by atoms with Crippen molar-refractivity contribution in [2.45, 2.75) is 6.54 Å². The third-order valence-electron chi connectivity index (χ3n) is 4.84. The van der Waals surface area contributed by atoms with Crippen molar-refractivity contribution < 1.29 is 18.4 Å². The quantitative estimate of drug-likeness (QED) is 0.597. The van der Waals surface area contributed by atoms with Crippen LogP contribution in [0.5, 0.6) is 5.75 Å². The summed E-state index contributed by atoms with van der Waals surface area (Å²) >= 11 is 5.90. The summed E-state index contributed by atoms with van der Waals surface area (Å²) in [5.41, 5.74) is 0.833. The minimum Gasteiger partial charge on any atom is -0.481 e. The van der Waals surface area contributed by atoms with Gasteiger partial charge in [0.25, 0.3) is 5.91 Å². The van der Waals surface area contributed by atoms with Crippen LogP contribution in [-0.4, -0.2) is 58.6 Å². The lowest BCUT2D eigenvalue weighted by Gasteiger charge is -2.33. The highest BCUT2D eigenvalue weighted by atomic mass is 35.5. The average molecular weight is 431 g/mol. The Labute approximate surface area is 178 Å². The van der Waals surface area contributed by atoms with Crippen molar-refractivity contribution >= 4 is 17.5 Å². The Morgan fingerprint density at radius 3 is 2.57 bits per heavy atom. The summed E-state index contributed by atoms with van der Waals surface area (Å²) in [6.07, 6.45) is 0. The lowest BCUT2D eigenvalue weighted by molar-refractivity contribution is -0.135. The molecule has 0 atom stereocenters. The zero-order valence-corrected chi connectivity index (χ0v) is 16.9. The molecule has 0 bridgehead atoms. The monoisotopic (exact) mass is 430 g/mol. The van der Waals surface area contributed by atoms with Gasteiger partial charge in [-0.2, -0.15) is 4.98 Å². The predicted octanol–water partition coefficient (Wildman–Crippen LogP) is 3.25. The molecule has 30 heavy (non-hydrogen) atoms. The number of amides is 1. The van der Waals surface area contributed by atoms with Gasteiger partial charge in [0.2, 0.25) is 11.7 Å². The first-order valence-corrected chi connectivity index (χ1v) is 9.92. The molecule has 1 amide bonds. The molecule has 1 fully saturated rings. The van der Waals surface area contributed by atoms with Crippen molar-refractivity contribution in [3.05, 3.63) is 65.3 Å². The Balaban J connectivity index is 1.25. The first-order valence-electron chi connectivity index (χ1n) is 9.54. The van der Waals surface area contributed by atoms with E-state index in [9.17, 15) is 9.18 Å². The van der Waals surface area contributed by atoms with Crippen molar-refractivity contribution in [1.29, 1.82) is 0 Å². The minimum absolute atomic E-state index is 0.0809. The van der Waals surface area contributed by atoms with Crippen LogP contribution in [-0.2, 0) is 11.3 Å². The van der Waals surface area contributed by atoms with Gasteiger partial charge in [-0.25, -0.2) is 4.39 Å². The van der Waals surface area contributed by atoms with Gasteiger partial charge in [-0.15, -0.1) is 0 Å². The van der Waals surface area contributed by atoms with Crippen molar-refractivity contribution in [3.63, 3.8) is 0 Å². The summed E-state index contributed by atoms with van der Waals surface area (Å²) < 4.78 is 24.2. The normalized spacial score (nSPS) is 14.7. The molecular weight excluding hydrogens is 411 g/mol. The molecule has 3 aromatic rings. The minimum atomic E-state index is -0.479. The fraction of sp³-hybridized carbons (Fsp3) is 0.286. The van der Waals surface area contributed by atoms with Crippen molar-refractivity contribution in [1.82, 2.24) is 19.9 Å². The third kappa shape index (κ3) is 4.95. The van der Waals surface area contributed by atoms with Gasteiger partial charge in [-0.3, -0.25) is 9.69 Å². The zero-order chi connectivity index (χ0) is 20.9. The van der Waals surface area contributed by atoms with Crippen LogP contribution in [0.2, 0.25) is 5.02 Å². The van der Waals surface area contributed by atoms with E-state index in [1.54, 1.807) is 29.2 Å². The third-order valence-corrected chi connectivity index (χ3v) is 5.09. The van der Waals surface area contributed by atoms with E-state index in [2.05, 4.69) is 15.0 Å². The van der Waals surface area contributed by atoms with Crippen LogP contribution in [0.4, 0.5) is 4.39 Å². The number of piperazine rings is 1. The largest absolute Gasteiger partial charge is 0.481 e. The SMILES string of the molecule is O=C(COc1ccccc1F)N1CCN(Cc2nc(-c3ccc(Cl)cc3)no2)CC1. The van der Waals surface area contributed by atoms with Gasteiger partial charge < -0.3 is 14.2 Å². The van der Waals surface area contributed by atoms with E-state index in [-0.39, 0.29) is 18.3 Å². The highest BCUT2D eigenvalue weighted by Gasteiger charge is 2.23. The molecule has 7 nitrogen and oxygen atoms in total. The van der Waals surface area contributed by atoms with Gasteiger partial charge in [0, 0.05) is 36.8 Å². The molecule has 0 unspecified atom stereocenters. The van der Waals surface area contributed by atoms with E-state index in [4.69, 9.17) is 20.9 Å². The van der Waals surface area contributed by atoms with Crippen molar-refractivity contribution in [2.75, 3.05) is 32.8 Å². The molecule has 0 saturated carbocycles. The summed E-state index contributed by atoms with van der Waals surface area (Å²) in [6.45, 7) is 2.77. The number of benzene rings is 2. The number of para-hydroxylation sites is 1. The highest BCUT2D eigenvalue weighted by molar-refractivity contribution is 6.30. The molecule has 156 valence electrons. The summed E-state index contributed by atoms with van der Waals surface area (Å²) in [7, 11) is 0. The van der Waals surface area contributed by atoms with Crippen LogP contribution in [0.15, 0.2) is 53.1 Å². The van der Waals surface area contributed by atoms with Crippen LogP contribution >= 0.6 is 11.6 Å². The summed E-state index contributed by atoms with van der Waals surface area (Å²) in [5.74, 6) is 0.467. The number of carbonyl (C=O) groups excluding carboxylic acids is 1. The molecule has 1 aliphatic rings. The van der Waals surface area contributed by atoms with E-state index in [0.717, 1.165) is 5.56 Å². The molecule has 0 N–H and O–H groups in total. The van der Waals surface area contributed by atoms with Gasteiger partial charge in [0.15, 0.2) is 18.2 Å². The molecule has 1 aliphatic heterocycles. The summed E-state index contributed by atoms with van der Waals surface area (Å²) in [5, 5.41) is 4.66. The van der Waals surface area contributed by atoms with Crippen molar-refractivity contribution in [2.24, 2.45) is 0 Å². The zero-order valence-electron chi connectivity index (χ0n) is 16.1.